The van der Waals surface area contributed by atoms with Gasteiger partial charge in [-0.25, -0.2) is 4.98 Å². The second-order valence-electron chi connectivity index (χ2n) is 3.72. The van der Waals surface area contributed by atoms with E-state index in [1.54, 1.807) is 24.4 Å². The largest absolute Gasteiger partial charge is 0.272 e. The van der Waals surface area contributed by atoms with Crippen molar-refractivity contribution < 1.29 is 4.92 Å². The molecular formula is C12H9N3O2S. The molecule has 2 rings (SSSR count). The van der Waals surface area contributed by atoms with Gasteiger partial charge in [0.05, 0.1) is 23.1 Å². The third kappa shape index (κ3) is 2.36. The van der Waals surface area contributed by atoms with Gasteiger partial charge in [0.15, 0.2) is 0 Å². The van der Waals surface area contributed by atoms with E-state index in [0.29, 0.717) is 16.8 Å². The average molecular weight is 259 g/mol. The van der Waals surface area contributed by atoms with Crippen LogP contribution < -0.4 is 0 Å². The highest BCUT2D eigenvalue weighted by Gasteiger charge is 2.13. The first kappa shape index (κ1) is 12.2. The van der Waals surface area contributed by atoms with Crippen LogP contribution in [-0.4, -0.2) is 9.91 Å². The fourth-order valence-corrected chi connectivity index (χ4v) is 2.29. The van der Waals surface area contributed by atoms with Gasteiger partial charge in [-0.15, -0.1) is 11.3 Å². The molecule has 0 fully saturated rings. The lowest BCUT2D eigenvalue weighted by Crippen LogP contribution is -1.92. The molecule has 0 bridgehead atoms. The van der Waals surface area contributed by atoms with Crippen LogP contribution in [0.1, 0.15) is 10.6 Å². The second-order valence-corrected chi connectivity index (χ2v) is 4.66. The van der Waals surface area contributed by atoms with Crippen molar-refractivity contribution in [3.8, 4) is 17.3 Å². The summed E-state index contributed by atoms with van der Waals surface area (Å²) in [5.74, 6) is 0. The molecule has 0 unspecified atom stereocenters. The number of thiazole rings is 1. The fraction of sp³-hybridized carbons (Fsp3) is 0.167. The van der Waals surface area contributed by atoms with Crippen molar-refractivity contribution in [2.45, 2.75) is 13.3 Å². The lowest BCUT2D eigenvalue weighted by Gasteiger charge is -2.00. The summed E-state index contributed by atoms with van der Waals surface area (Å²) in [6, 6.07) is 7.05. The van der Waals surface area contributed by atoms with Gasteiger partial charge in [-0.05, 0) is 6.92 Å². The first-order valence-corrected chi connectivity index (χ1v) is 6.06. The predicted octanol–water partition coefficient (Wildman–Crippen LogP) is 3.09. The third-order valence-corrected chi connectivity index (χ3v) is 3.33. The summed E-state index contributed by atoms with van der Waals surface area (Å²) in [7, 11) is 0. The van der Waals surface area contributed by atoms with Crippen LogP contribution in [0.15, 0.2) is 23.6 Å². The van der Waals surface area contributed by atoms with Crippen LogP contribution in [0, 0.1) is 28.4 Å². The molecule has 0 atom stereocenters. The Morgan fingerprint density at radius 1 is 1.56 bits per heavy atom. The van der Waals surface area contributed by atoms with Gasteiger partial charge in [0.2, 0.25) is 0 Å². The smallest absolute Gasteiger partial charge is 0.258 e. The maximum Gasteiger partial charge on any atom is 0.272 e. The molecular weight excluding hydrogens is 250 g/mol. The number of nitrogens with zero attached hydrogens (tertiary/aromatic N) is 3. The molecule has 0 saturated heterocycles. The molecule has 0 amide bonds. The molecule has 0 N–H and O–H groups in total. The average Bonchev–Trinajstić information content (AvgIpc) is 2.78. The Labute approximate surface area is 107 Å². The van der Waals surface area contributed by atoms with E-state index in [1.807, 2.05) is 6.07 Å². The highest BCUT2D eigenvalue weighted by molar-refractivity contribution is 7.10. The maximum absolute atomic E-state index is 10.9. The maximum atomic E-state index is 10.9. The number of hydrogen-bond donors (Lipinski definition) is 0. The number of benzene rings is 1. The Morgan fingerprint density at radius 3 is 3.00 bits per heavy atom. The molecule has 0 spiro atoms. The van der Waals surface area contributed by atoms with Crippen molar-refractivity contribution in [2.24, 2.45) is 0 Å². The minimum atomic E-state index is -0.401. The lowest BCUT2D eigenvalue weighted by molar-refractivity contribution is -0.385. The van der Waals surface area contributed by atoms with E-state index in [2.05, 4.69) is 4.98 Å². The summed E-state index contributed by atoms with van der Waals surface area (Å²) in [5.41, 5.74) is 2.08. The molecule has 1 aromatic heterocycles. The number of hydrogen-bond acceptors (Lipinski definition) is 5. The summed E-state index contributed by atoms with van der Waals surface area (Å²) in [4.78, 5) is 14.7. The predicted molar refractivity (Wildman–Crippen MR) is 68.3 cm³/mol. The number of rotatable bonds is 3. The minimum absolute atomic E-state index is 0.0855. The topological polar surface area (TPSA) is 79.8 Å². The van der Waals surface area contributed by atoms with Crippen LogP contribution in [0.5, 0.6) is 0 Å². The normalized spacial score (nSPS) is 10.0. The molecule has 0 aliphatic heterocycles. The van der Waals surface area contributed by atoms with Crippen LogP contribution in [0.2, 0.25) is 0 Å². The van der Waals surface area contributed by atoms with Crippen molar-refractivity contribution in [2.75, 3.05) is 0 Å². The Kier molecular flexibility index (Phi) is 3.35. The molecule has 1 aromatic carbocycles. The van der Waals surface area contributed by atoms with Crippen LogP contribution >= 0.6 is 11.3 Å². The van der Waals surface area contributed by atoms with Crippen LogP contribution in [0.25, 0.3) is 11.3 Å². The van der Waals surface area contributed by atoms with Gasteiger partial charge in [0.1, 0.15) is 5.01 Å². The number of nitro benzene ring substituents is 1. The number of aromatic nitrogens is 1. The van der Waals surface area contributed by atoms with Crippen LogP contribution in [-0.2, 0) is 6.42 Å². The van der Waals surface area contributed by atoms with E-state index >= 15 is 0 Å². The Hall–Kier alpha value is -2.26. The van der Waals surface area contributed by atoms with Crippen LogP contribution in [0.3, 0.4) is 0 Å². The van der Waals surface area contributed by atoms with Gasteiger partial charge in [-0.1, -0.05) is 12.1 Å². The van der Waals surface area contributed by atoms with Crippen molar-refractivity contribution in [1.82, 2.24) is 4.98 Å². The van der Waals surface area contributed by atoms with E-state index in [-0.39, 0.29) is 12.1 Å². The zero-order chi connectivity index (χ0) is 13.1. The summed E-state index contributed by atoms with van der Waals surface area (Å²) in [6.07, 6.45) is 0.263. The monoisotopic (exact) mass is 259 g/mol. The van der Waals surface area contributed by atoms with Crippen molar-refractivity contribution in [1.29, 1.82) is 5.26 Å². The summed E-state index contributed by atoms with van der Waals surface area (Å²) in [6.45, 7) is 1.70. The Bertz CT molecular complexity index is 643. The molecule has 0 aliphatic rings. The first-order valence-electron chi connectivity index (χ1n) is 5.18. The minimum Gasteiger partial charge on any atom is -0.258 e. The van der Waals surface area contributed by atoms with E-state index in [1.165, 1.54) is 17.4 Å². The number of aryl methyl sites for hydroxylation is 1. The second kappa shape index (κ2) is 4.94. The standard InChI is InChI=1S/C12H9N3O2S/c1-8-2-3-9(6-11(8)15(16)17)10-7-18-12(14-10)4-5-13/h2-3,6-7H,4H2,1H3. The van der Waals surface area contributed by atoms with Gasteiger partial charge in [0, 0.05) is 22.6 Å². The summed E-state index contributed by atoms with van der Waals surface area (Å²) in [5, 5.41) is 22.0. The van der Waals surface area contributed by atoms with Crippen molar-refractivity contribution in [3.63, 3.8) is 0 Å². The SMILES string of the molecule is Cc1ccc(-c2csc(CC#N)n2)cc1[N+](=O)[O-]. The molecule has 0 saturated carbocycles. The number of nitriles is 1. The van der Waals surface area contributed by atoms with Crippen molar-refractivity contribution >= 4 is 17.0 Å². The molecule has 18 heavy (non-hydrogen) atoms. The Balaban J connectivity index is 2.41. The van der Waals surface area contributed by atoms with E-state index in [0.717, 1.165) is 5.01 Å². The first-order chi connectivity index (χ1) is 8.61. The van der Waals surface area contributed by atoms with E-state index < -0.39 is 4.92 Å². The van der Waals surface area contributed by atoms with E-state index in [9.17, 15) is 10.1 Å². The van der Waals surface area contributed by atoms with Gasteiger partial charge in [0.25, 0.3) is 5.69 Å². The molecule has 0 aliphatic carbocycles. The molecule has 90 valence electrons. The van der Waals surface area contributed by atoms with Gasteiger partial charge < -0.3 is 0 Å². The summed E-state index contributed by atoms with van der Waals surface area (Å²) < 4.78 is 0. The quantitative estimate of drug-likeness (QED) is 0.626. The van der Waals surface area contributed by atoms with Crippen molar-refractivity contribution in [3.05, 3.63) is 44.3 Å². The zero-order valence-corrected chi connectivity index (χ0v) is 10.4. The van der Waals surface area contributed by atoms with Gasteiger partial charge in [-0.3, -0.25) is 10.1 Å². The summed E-state index contributed by atoms with van der Waals surface area (Å²) >= 11 is 1.38. The molecule has 2 aromatic rings. The molecule has 5 nitrogen and oxygen atoms in total. The lowest BCUT2D eigenvalue weighted by atomic mass is 10.1. The molecule has 1 heterocycles. The molecule has 6 heteroatoms. The fourth-order valence-electron chi connectivity index (χ4n) is 1.56. The third-order valence-electron chi connectivity index (χ3n) is 2.48. The van der Waals surface area contributed by atoms with E-state index in [4.69, 9.17) is 5.26 Å². The number of nitro groups is 1. The Morgan fingerprint density at radius 2 is 2.33 bits per heavy atom. The van der Waals surface area contributed by atoms with Gasteiger partial charge in [-0.2, -0.15) is 5.26 Å². The van der Waals surface area contributed by atoms with Gasteiger partial charge >= 0.3 is 0 Å². The highest BCUT2D eigenvalue weighted by atomic mass is 32.1. The highest BCUT2D eigenvalue weighted by Crippen LogP contribution is 2.27. The molecule has 0 radical (unpaired) electrons. The van der Waals surface area contributed by atoms with Crippen LogP contribution in [0.4, 0.5) is 5.69 Å². The zero-order valence-electron chi connectivity index (χ0n) is 9.58.